The Hall–Kier alpha value is -2.41. The lowest BCUT2D eigenvalue weighted by Crippen LogP contribution is -2.24. The standard InChI is InChI=1S/C17H20N4O2S/c1-3-15(22)19-14-8-9-17(21-20-14)24-11-16(23)18-10-13-6-4-12(2)5-7-13/h4-9H,3,10-11H2,1-2H3,(H,18,23)(H,19,20,22). The minimum atomic E-state index is -0.111. The van der Waals surface area contributed by atoms with E-state index in [4.69, 9.17) is 0 Å². The highest BCUT2D eigenvalue weighted by atomic mass is 32.2. The number of aromatic nitrogens is 2. The number of hydrogen-bond acceptors (Lipinski definition) is 5. The van der Waals surface area contributed by atoms with Gasteiger partial charge in [-0.25, -0.2) is 0 Å². The Labute approximate surface area is 145 Å². The molecule has 0 aliphatic rings. The van der Waals surface area contributed by atoms with Crippen molar-refractivity contribution in [1.82, 2.24) is 15.5 Å². The SMILES string of the molecule is CCC(=O)Nc1ccc(SCC(=O)NCc2ccc(C)cc2)nn1. The molecule has 24 heavy (non-hydrogen) atoms. The number of anilines is 1. The van der Waals surface area contributed by atoms with Crippen LogP contribution in [0, 0.1) is 6.92 Å². The molecule has 0 saturated heterocycles. The van der Waals surface area contributed by atoms with E-state index in [1.165, 1.54) is 17.3 Å². The van der Waals surface area contributed by atoms with E-state index in [0.717, 1.165) is 5.56 Å². The molecule has 0 atom stereocenters. The third-order valence-electron chi connectivity index (χ3n) is 3.19. The minimum absolute atomic E-state index is 0.0641. The van der Waals surface area contributed by atoms with Gasteiger partial charge in [0, 0.05) is 13.0 Å². The molecule has 1 aromatic carbocycles. The summed E-state index contributed by atoms with van der Waals surface area (Å²) in [6.45, 7) is 4.30. The van der Waals surface area contributed by atoms with Crippen LogP contribution in [0.1, 0.15) is 24.5 Å². The van der Waals surface area contributed by atoms with Gasteiger partial charge in [-0.2, -0.15) is 0 Å². The molecular weight excluding hydrogens is 324 g/mol. The Balaban J connectivity index is 1.75. The number of nitrogens with one attached hydrogen (secondary N) is 2. The molecular formula is C17H20N4O2S. The molecule has 0 radical (unpaired) electrons. The summed E-state index contributed by atoms with van der Waals surface area (Å²) in [7, 11) is 0. The Morgan fingerprint density at radius 2 is 1.79 bits per heavy atom. The predicted octanol–water partition coefficient (Wildman–Crippen LogP) is 2.54. The monoisotopic (exact) mass is 344 g/mol. The van der Waals surface area contributed by atoms with Crippen LogP contribution in [0.15, 0.2) is 41.4 Å². The molecule has 0 unspecified atom stereocenters. The van der Waals surface area contributed by atoms with Gasteiger partial charge in [-0.3, -0.25) is 9.59 Å². The summed E-state index contributed by atoms with van der Waals surface area (Å²) in [6, 6.07) is 11.4. The van der Waals surface area contributed by atoms with Crippen LogP contribution in [0.25, 0.3) is 0 Å². The van der Waals surface area contributed by atoms with Crippen molar-refractivity contribution >= 4 is 29.4 Å². The number of aryl methyl sites for hydroxylation is 1. The highest BCUT2D eigenvalue weighted by molar-refractivity contribution is 7.99. The van der Waals surface area contributed by atoms with Crippen molar-refractivity contribution in [2.45, 2.75) is 31.8 Å². The van der Waals surface area contributed by atoms with E-state index < -0.39 is 0 Å². The number of rotatable bonds is 7. The summed E-state index contributed by atoms with van der Waals surface area (Å²) in [5, 5.41) is 14.0. The zero-order valence-electron chi connectivity index (χ0n) is 13.7. The van der Waals surface area contributed by atoms with Gasteiger partial charge in [0.1, 0.15) is 5.03 Å². The first-order valence-corrected chi connectivity index (χ1v) is 8.64. The van der Waals surface area contributed by atoms with Crippen molar-refractivity contribution in [3.05, 3.63) is 47.5 Å². The number of carbonyl (C=O) groups excluding carboxylic acids is 2. The average Bonchev–Trinajstić information content (AvgIpc) is 2.60. The van der Waals surface area contributed by atoms with Crippen LogP contribution in [0.5, 0.6) is 0 Å². The summed E-state index contributed by atoms with van der Waals surface area (Å²) >= 11 is 1.30. The molecule has 0 spiro atoms. The highest BCUT2D eigenvalue weighted by Gasteiger charge is 2.06. The Morgan fingerprint density at radius 1 is 1.04 bits per heavy atom. The van der Waals surface area contributed by atoms with E-state index >= 15 is 0 Å². The van der Waals surface area contributed by atoms with Crippen LogP contribution in [-0.2, 0) is 16.1 Å². The lowest BCUT2D eigenvalue weighted by atomic mass is 10.1. The summed E-state index contributed by atoms with van der Waals surface area (Å²) in [5.41, 5.74) is 2.26. The molecule has 6 nitrogen and oxygen atoms in total. The third-order valence-corrected chi connectivity index (χ3v) is 4.11. The fourth-order valence-corrected chi connectivity index (χ4v) is 2.44. The predicted molar refractivity (Wildman–Crippen MR) is 94.7 cm³/mol. The second-order valence-electron chi connectivity index (χ2n) is 5.21. The molecule has 2 aromatic rings. The molecule has 2 N–H and O–H groups in total. The van der Waals surface area contributed by atoms with Gasteiger partial charge in [0.15, 0.2) is 5.82 Å². The number of thioether (sulfide) groups is 1. The summed E-state index contributed by atoms with van der Waals surface area (Å²) < 4.78 is 0. The fourth-order valence-electron chi connectivity index (χ4n) is 1.79. The smallest absolute Gasteiger partial charge is 0.230 e. The lowest BCUT2D eigenvalue weighted by Gasteiger charge is -2.06. The van der Waals surface area contributed by atoms with Crippen LogP contribution in [0.3, 0.4) is 0 Å². The molecule has 0 fully saturated rings. The third kappa shape index (κ3) is 6.00. The van der Waals surface area contributed by atoms with E-state index in [-0.39, 0.29) is 17.6 Å². The lowest BCUT2D eigenvalue weighted by molar-refractivity contribution is -0.118. The maximum atomic E-state index is 11.9. The Kier molecular flexibility index (Phi) is 6.74. The van der Waals surface area contributed by atoms with Gasteiger partial charge in [0.2, 0.25) is 11.8 Å². The highest BCUT2D eigenvalue weighted by Crippen LogP contribution is 2.15. The molecule has 0 aliphatic carbocycles. The second kappa shape index (κ2) is 9.02. The average molecular weight is 344 g/mol. The zero-order valence-corrected chi connectivity index (χ0v) is 14.5. The van der Waals surface area contributed by atoms with Crippen LogP contribution >= 0.6 is 11.8 Å². The van der Waals surface area contributed by atoms with Gasteiger partial charge in [0.05, 0.1) is 5.75 Å². The molecule has 0 aliphatic heterocycles. The molecule has 126 valence electrons. The Bertz CT molecular complexity index is 687. The largest absolute Gasteiger partial charge is 0.351 e. The summed E-state index contributed by atoms with van der Waals surface area (Å²) in [6.07, 6.45) is 0.388. The van der Waals surface area contributed by atoms with Crippen LogP contribution in [-0.4, -0.2) is 27.8 Å². The first-order chi connectivity index (χ1) is 11.6. The molecule has 2 rings (SSSR count). The molecule has 0 bridgehead atoms. The van der Waals surface area contributed by atoms with Crippen molar-refractivity contribution < 1.29 is 9.59 Å². The molecule has 1 heterocycles. The van der Waals surface area contributed by atoms with E-state index in [2.05, 4.69) is 20.8 Å². The second-order valence-corrected chi connectivity index (χ2v) is 6.21. The first-order valence-electron chi connectivity index (χ1n) is 7.65. The zero-order chi connectivity index (χ0) is 17.4. The van der Waals surface area contributed by atoms with Gasteiger partial charge in [-0.05, 0) is 24.6 Å². The fraction of sp³-hybridized carbons (Fsp3) is 0.294. The quantitative estimate of drug-likeness (QED) is 0.754. The molecule has 0 saturated carbocycles. The van der Waals surface area contributed by atoms with Crippen LogP contribution in [0.4, 0.5) is 5.82 Å². The summed E-state index contributed by atoms with van der Waals surface area (Å²) in [4.78, 5) is 23.1. The number of carbonyl (C=O) groups is 2. The maximum absolute atomic E-state index is 11.9. The van der Waals surface area contributed by atoms with Crippen molar-refractivity contribution in [2.75, 3.05) is 11.1 Å². The van der Waals surface area contributed by atoms with E-state index in [9.17, 15) is 9.59 Å². The topological polar surface area (TPSA) is 84.0 Å². The van der Waals surface area contributed by atoms with Gasteiger partial charge in [-0.1, -0.05) is 48.5 Å². The number of nitrogens with zero attached hydrogens (tertiary/aromatic N) is 2. The number of hydrogen-bond donors (Lipinski definition) is 2. The van der Waals surface area contributed by atoms with Gasteiger partial charge in [0.25, 0.3) is 0 Å². The van der Waals surface area contributed by atoms with E-state index in [1.54, 1.807) is 19.1 Å². The van der Waals surface area contributed by atoms with Gasteiger partial charge in [-0.15, -0.1) is 10.2 Å². The Morgan fingerprint density at radius 3 is 2.42 bits per heavy atom. The molecule has 2 amide bonds. The number of benzene rings is 1. The first kappa shape index (κ1) is 17.9. The number of amides is 2. The summed E-state index contributed by atoms with van der Waals surface area (Å²) in [5.74, 6) is 0.502. The molecule has 1 aromatic heterocycles. The van der Waals surface area contributed by atoms with Crippen molar-refractivity contribution in [2.24, 2.45) is 0 Å². The molecule has 7 heteroatoms. The van der Waals surface area contributed by atoms with Crippen molar-refractivity contribution in [3.8, 4) is 0 Å². The maximum Gasteiger partial charge on any atom is 0.230 e. The minimum Gasteiger partial charge on any atom is -0.351 e. The van der Waals surface area contributed by atoms with Crippen LogP contribution < -0.4 is 10.6 Å². The van der Waals surface area contributed by atoms with Gasteiger partial charge >= 0.3 is 0 Å². The van der Waals surface area contributed by atoms with E-state index in [1.807, 2.05) is 31.2 Å². The van der Waals surface area contributed by atoms with E-state index in [0.29, 0.717) is 23.8 Å². The van der Waals surface area contributed by atoms with Gasteiger partial charge < -0.3 is 10.6 Å². The van der Waals surface area contributed by atoms with Crippen molar-refractivity contribution in [1.29, 1.82) is 0 Å². The van der Waals surface area contributed by atoms with Crippen molar-refractivity contribution in [3.63, 3.8) is 0 Å². The van der Waals surface area contributed by atoms with Crippen LogP contribution in [0.2, 0.25) is 0 Å². The normalized spacial score (nSPS) is 10.2.